The van der Waals surface area contributed by atoms with Crippen molar-refractivity contribution in [3.05, 3.63) is 90.0 Å². The fraction of sp³-hybridized carbons (Fsp3) is 0.0526. The van der Waals surface area contributed by atoms with Gasteiger partial charge in [0.1, 0.15) is 5.75 Å². The maximum atomic E-state index is 10.2. The molecule has 3 aromatic carbocycles. The van der Waals surface area contributed by atoms with Gasteiger partial charge >= 0.3 is 0 Å². The molecule has 0 unspecified atom stereocenters. The quantitative estimate of drug-likeness (QED) is 0.726. The van der Waals surface area contributed by atoms with Crippen molar-refractivity contribution in [2.24, 2.45) is 0 Å². The third-order valence-corrected chi connectivity index (χ3v) is 3.40. The van der Waals surface area contributed by atoms with Crippen LogP contribution in [-0.2, 0) is 6.42 Å². The molecule has 1 heteroatoms. The van der Waals surface area contributed by atoms with Gasteiger partial charge in [0.25, 0.3) is 0 Å². The van der Waals surface area contributed by atoms with Crippen LogP contribution in [0.2, 0.25) is 0 Å². The van der Waals surface area contributed by atoms with Crippen LogP contribution in [0.25, 0.3) is 11.1 Å². The number of hydrogen-bond acceptors (Lipinski definition) is 1. The van der Waals surface area contributed by atoms with Crippen LogP contribution in [0.3, 0.4) is 0 Å². The molecule has 0 amide bonds. The molecule has 0 atom stereocenters. The molecule has 0 aliphatic carbocycles. The van der Waals surface area contributed by atoms with Gasteiger partial charge in [-0.15, -0.1) is 0 Å². The van der Waals surface area contributed by atoms with Gasteiger partial charge < -0.3 is 5.11 Å². The minimum Gasteiger partial charge on any atom is -0.507 e. The van der Waals surface area contributed by atoms with Gasteiger partial charge in [-0.05, 0) is 29.2 Å². The van der Waals surface area contributed by atoms with E-state index in [1.165, 1.54) is 5.56 Å². The van der Waals surface area contributed by atoms with Crippen LogP contribution >= 0.6 is 0 Å². The van der Waals surface area contributed by atoms with Crippen LogP contribution in [0.4, 0.5) is 0 Å². The summed E-state index contributed by atoms with van der Waals surface area (Å²) in [6.07, 6.45) is 0.837. The van der Waals surface area contributed by atoms with Gasteiger partial charge in [0.2, 0.25) is 0 Å². The smallest absolute Gasteiger partial charge is 0.123 e. The molecule has 98 valence electrons. The molecule has 0 spiro atoms. The highest BCUT2D eigenvalue weighted by Gasteiger charge is 2.05. The summed E-state index contributed by atoms with van der Waals surface area (Å²) in [6.45, 7) is 0. The Morgan fingerprint density at radius 1 is 0.650 bits per heavy atom. The van der Waals surface area contributed by atoms with Crippen LogP contribution in [0, 0.1) is 0 Å². The van der Waals surface area contributed by atoms with E-state index >= 15 is 0 Å². The molecule has 0 aromatic heterocycles. The number of hydrogen-bond donors (Lipinski definition) is 1. The molecule has 3 aromatic rings. The molecular formula is C19H16O. The predicted octanol–water partition coefficient (Wildman–Crippen LogP) is 4.65. The summed E-state index contributed by atoms with van der Waals surface area (Å²) in [5, 5.41) is 10.2. The van der Waals surface area contributed by atoms with Gasteiger partial charge in [-0.1, -0.05) is 72.8 Å². The lowest BCUT2D eigenvalue weighted by Gasteiger charge is -2.08. The molecule has 0 fully saturated rings. The maximum Gasteiger partial charge on any atom is 0.123 e. The number of benzene rings is 3. The molecule has 0 heterocycles. The molecular weight excluding hydrogens is 244 g/mol. The highest BCUT2D eigenvalue weighted by Crippen LogP contribution is 2.30. The number of rotatable bonds is 3. The second kappa shape index (κ2) is 5.62. The Kier molecular flexibility index (Phi) is 3.51. The fourth-order valence-electron chi connectivity index (χ4n) is 2.38. The Morgan fingerprint density at radius 2 is 1.30 bits per heavy atom. The molecule has 0 aliphatic heterocycles. The summed E-state index contributed by atoms with van der Waals surface area (Å²) < 4.78 is 0. The standard InChI is InChI=1S/C19H16O/c20-19-14-16(13-15-7-3-1-4-8-15)11-12-18(19)17-9-5-2-6-10-17/h1-12,14,20H,13H2. The van der Waals surface area contributed by atoms with Crippen LogP contribution in [0.15, 0.2) is 78.9 Å². The van der Waals surface area contributed by atoms with Crippen molar-refractivity contribution in [1.29, 1.82) is 0 Å². The first-order valence-corrected chi connectivity index (χ1v) is 6.74. The molecule has 20 heavy (non-hydrogen) atoms. The summed E-state index contributed by atoms with van der Waals surface area (Å²) in [5.74, 6) is 0.338. The number of aromatic hydroxyl groups is 1. The lowest BCUT2D eigenvalue weighted by molar-refractivity contribution is 0.476. The molecule has 3 rings (SSSR count). The van der Waals surface area contributed by atoms with E-state index in [1.807, 2.05) is 60.7 Å². The molecule has 1 nitrogen and oxygen atoms in total. The molecule has 0 saturated carbocycles. The molecule has 0 saturated heterocycles. The minimum absolute atomic E-state index is 0.338. The monoisotopic (exact) mass is 260 g/mol. The van der Waals surface area contributed by atoms with Crippen LogP contribution in [-0.4, -0.2) is 5.11 Å². The van der Waals surface area contributed by atoms with E-state index in [4.69, 9.17) is 0 Å². The Hall–Kier alpha value is -2.54. The third-order valence-electron chi connectivity index (χ3n) is 3.40. The van der Waals surface area contributed by atoms with Crippen LogP contribution in [0.5, 0.6) is 5.75 Å². The highest BCUT2D eigenvalue weighted by atomic mass is 16.3. The highest BCUT2D eigenvalue weighted by molar-refractivity contribution is 5.70. The van der Waals surface area contributed by atoms with Crippen LogP contribution < -0.4 is 0 Å². The van der Waals surface area contributed by atoms with Crippen molar-refractivity contribution in [3.63, 3.8) is 0 Å². The fourth-order valence-corrected chi connectivity index (χ4v) is 2.38. The Bertz CT molecular complexity index is 687. The SMILES string of the molecule is Oc1cc(Cc2ccccc2)ccc1-c1ccccc1. The average Bonchev–Trinajstić information content (AvgIpc) is 2.49. The first-order chi connectivity index (χ1) is 9.83. The molecule has 0 bridgehead atoms. The van der Waals surface area contributed by atoms with E-state index in [-0.39, 0.29) is 0 Å². The zero-order chi connectivity index (χ0) is 13.8. The van der Waals surface area contributed by atoms with E-state index in [2.05, 4.69) is 18.2 Å². The van der Waals surface area contributed by atoms with Crippen molar-refractivity contribution < 1.29 is 5.11 Å². The minimum atomic E-state index is 0.338. The van der Waals surface area contributed by atoms with E-state index in [0.29, 0.717) is 5.75 Å². The van der Waals surface area contributed by atoms with Crippen molar-refractivity contribution in [1.82, 2.24) is 0 Å². The van der Waals surface area contributed by atoms with Gasteiger partial charge in [0, 0.05) is 5.56 Å². The van der Waals surface area contributed by atoms with Crippen molar-refractivity contribution in [3.8, 4) is 16.9 Å². The summed E-state index contributed by atoms with van der Waals surface area (Å²) in [5.41, 5.74) is 4.28. The van der Waals surface area contributed by atoms with Gasteiger partial charge in [-0.25, -0.2) is 0 Å². The summed E-state index contributed by atoms with van der Waals surface area (Å²) >= 11 is 0. The van der Waals surface area contributed by atoms with Gasteiger partial charge in [-0.3, -0.25) is 0 Å². The zero-order valence-corrected chi connectivity index (χ0v) is 11.2. The van der Waals surface area contributed by atoms with Gasteiger partial charge in [0.15, 0.2) is 0 Å². The Labute approximate surface area is 119 Å². The second-order valence-corrected chi connectivity index (χ2v) is 4.88. The Balaban J connectivity index is 1.88. The molecule has 0 aliphatic rings. The third kappa shape index (κ3) is 2.72. The van der Waals surface area contributed by atoms with Crippen molar-refractivity contribution >= 4 is 0 Å². The first-order valence-electron chi connectivity index (χ1n) is 6.74. The number of phenolic OH excluding ortho intramolecular Hbond substituents is 1. The first kappa shape index (κ1) is 12.5. The summed E-state index contributed by atoms with van der Waals surface area (Å²) in [7, 11) is 0. The van der Waals surface area contributed by atoms with E-state index in [0.717, 1.165) is 23.1 Å². The van der Waals surface area contributed by atoms with Gasteiger partial charge in [0.05, 0.1) is 0 Å². The van der Waals surface area contributed by atoms with E-state index in [9.17, 15) is 5.11 Å². The maximum absolute atomic E-state index is 10.2. The predicted molar refractivity (Wildman–Crippen MR) is 82.8 cm³/mol. The van der Waals surface area contributed by atoms with E-state index < -0.39 is 0 Å². The lowest BCUT2D eigenvalue weighted by Crippen LogP contribution is -1.88. The van der Waals surface area contributed by atoms with Gasteiger partial charge in [-0.2, -0.15) is 0 Å². The topological polar surface area (TPSA) is 20.2 Å². The normalized spacial score (nSPS) is 10.4. The Morgan fingerprint density at radius 3 is 1.95 bits per heavy atom. The summed E-state index contributed by atoms with van der Waals surface area (Å²) in [4.78, 5) is 0. The van der Waals surface area contributed by atoms with Crippen molar-refractivity contribution in [2.75, 3.05) is 0 Å². The van der Waals surface area contributed by atoms with Crippen LogP contribution in [0.1, 0.15) is 11.1 Å². The zero-order valence-electron chi connectivity index (χ0n) is 11.2. The van der Waals surface area contributed by atoms with Crippen molar-refractivity contribution in [2.45, 2.75) is 6.42 Å². The second-order valence-electron chi connectivity index (χ2n) is 4.88. The average molecular weight is 260 g/mol. The number of phenols is 1. The van der Waals surface area contributed by atoms with E-state index in [1.54, 1.807) is 0 Å². The summed E-state index contributed by atoms with van der Waals surface area (Å²) in [6, 6.07) is 26.2. The lowest BCUT2D eigenvalue weighted by atomic mass is 9.99. The molecule has 1 N–H and O–H groups in total. The molecule has 0 radical (unpaired) electrons. The largest absolute Gasteiger partial charge is 0.507 e.